The van der Waals surface area contributed by atoms with E-state index >= 15 is 0 Å². The third kappa shape index (κ3) is 1.90. The van der Waals surface area contributed by atoms with E-state index in [2.05, 4.69) is 0 Å². The van der Waals surface area contributed by atoms with Gasteiger partial charge in [-0.15, -0.1) is 0 Å². The van der Waals surface area contributed by atoms with Gasteiger partial charge in [-0.05, 0) is 27.2 Å². The Morgan fingerprint density at radius 2 is 1.92 bits per heavy atom. The molecule has 1 rings (SSSR count). The van der Waals surface area contributed by atoms with Crippen molar-refractivity contribution in [2.45, 2.75) is 51.7 Å². The number of rotatable bonds is 1. The Morgan fingerprint density at radius 1 is 1.33 bits per heavy atom. The van der Waals surface area contributed by atoms with Gasteiger partial charge in [-0.25, -0.2) is 4.79 Å². The van der Waals surface area contributed by atoms with Gasteiger partial charge < -0.3 is 9.47 Å². The lowest BCUT2D eigenvalue weighted by atomic mass is 9.88. The normalized spacial score (nSPS) is 33.8. The molecule has 1 aliphatic heterocycles. The topological polar surface area (TPSA) is 35.5 Å². The molecule has 1 saturated heterocycles. The summed E-state index contributed by atoms with van der Waals surface area (Å²) >= 11 is 0. The minimum atomic E-state index is -0.546. The van der Waals surface area contributed by atoms with Crippen molar-refractivity contribution in [3.05, 3.63) is 0 Å². The van der Waals surface area contributed by atoms with Crippen LogP contribution in [-0.2, 0) is 9.47 Å². The van der Waals surface area contributed by atoms with E-state index in [1.807, 2.05) is 27.7 Å². The van der Waals surface area contributed by atoms with Crippen molar-refractivity contribution in [1.82, 2.24) is 0 Å². The molecule has 12 heavy (non-hydrogen) atoms. The summed E-state index contributed by atoms with van der Waals surface area (Å²) in [5.41, 5.74) is -0.737. The zero-order chi connectivity index (χ0) is 9.41. The van der Waals surface area contributed by atoms with Crippen LogP contribution in [-0.4, -0.2) is 17.4 Å². The van der Waals surface area contributed by atoms with E-state index in [1.165, 1.54) is 0 Å². The minimum absolute atomic E-state index is 0.348. The van der Waals surface area contributed by atoms with Gasteiger partial charge in [0.25, 0.3) is 0 Å². The number of cyclic esters (lactones) is 2. The van der Waals surface area contributed by atoms with Crippen LogP contribution in [0.4, 0.5) is 4.79 Å². The van der Waals surface area contributed by atoms with Crippen LogP contribution < -0.4 is 0 Å². The highest BCUT2D eigenvalue weighted by Gasteiger charge is 2.42. The number of hydrogen-bond acceptors (Lipinski definition) is 3. The number of carbonyl (C=O) groups is 1. The summed E-state index contributed by atoms with van der Waals surface area (Å²) in [7, 11) is 0. The summed E-state index contributed by atoms with van der Waals surface area (Å²) in [6, 6.07) is 0. The second-order valence-corrected chi connectivity index (χ2v) is 4.19. The quantitative estimate of drug-likeness (QED) is 0.570. The Bertz CT molecular complexity index is 198. The van der Waals surface area contributed by atoms with Crippen molar-refractivity contribution in [1.29, 1.82) is 0 Å². The van der Waals surface area contributed by atoms with Crippen LogP contribution >= 0.6 is 0 Å². The molecule has 1 aliphatic rings. The zero-order valence-corrected chi connectivity index (χ0v) is 8.14. The first kappa shape index (κ1) is 9.36. The Hall–Kier alpha value is -0.730. The van der Waals surface area contributed by atoms with E-state index in [4.69, 9.17) is 9.47 Å². The van der Waals surface area contributed by atoms with Crippen LogP contribution in [0.3, 0.4) is 0 Å². The van der Waals surface area contributed by atoms with Gasteiger partial charge in [0.1, 0.15) is 11.2 Å². The van der Waals surface area contributed by atoms with Crippen molar-refractivity contribution in [3.63, 3.8) is 0 Å². The van der Waals surface area contributed by atoms with Gasteiger partial charge in [0.2, 0.25) is 0 Å². The fourth-order valence-electron chi connectivity index (χ4n) is 1.62. The van der Waals surface area contributed by atoms with Crippen LogP contribution in [0.15, 0.2) is 0 Å². The molecule has 3 heteroatoms. The van der Waals surface area contributed by atoms with Crippen molar-refractivity contribution < 1.29 is 14.3 Å². The second-order valence-electron chi connectivity index (χ2n) is 4.19. The smallest absolute Gasteiger partial charge is 0.428 e. The molecule has 1 heterocycles. The summed E-state index contributed by atoms with van der Waals surface area (Å²) in [5, 5.41) is 0. The standard InChI is InChI=1S/C9H16O3/c1-5-9(4)6-8(2,3)11-7(10)12-9/h5-6H2,1-4H3. The number of hydrogen-bond donors (Lipinski definition) is 0. The van der Waals surface area contributed by atoms with E-state index in [9.17, 15) is 4.79 Å². The highest BCUT2D eigenvalue weighted by atomic mass is 16.8. The van der Waals surface area contributed by atoms with Gasteiger partial charge in [-0.3, -0.25) is 0 Å². The van der Waals surface area contributed by atoms with Gasteiger partial charge in [0.15, 0.2) is 0 Å². The first-order valence-electron chi connectivity index (χ1n) is 4.29. The SMILES string of the molecule is CCC1(C)CC(C)(C)OC(=O)O1. The highest BCUT2D eigenvalue weighted by Crippen LogP contribution is 2.34. The monoisotopic (exact) mass is 172 g/mol. The van der Waals surface area contributed by atoms with Crippen molar-refractivity contribution >= 4 is 6.16 Å². The first-order valence-corrected chi connectivity index (χ1v) is 4.29. The molecular formula is C9H16O3. The molecule has 0 radical (unpaired) electrons. The van der Waals surface area contributed by atoms with Crippen LogP contribution in [0.1, 0.15) is 40.5 Å². The van der Waals surface area contributed by atoms with E-state index in [1.54, 1.807) is 0 Å². The average molecular weight is 172 g/mol. The molecule has 3 nitrogen and oxygen atoms in total. The minimum Gasteiger partial charge on any atom is -0.428 e. The van der Waals surface area contributed by atoms with Gasteiger partial charge in [-0.1, -0.05) is 6.92 Å². The molecule has 0 aromatic heterocycles. The lowest BCUT2D eigenvalue weighted by Crippen LogP contribution is -2.47. The van der Waals surface area contributed by atoms with Gasteiger partial charge >= 0.3 is 6.16 Å². The Balaban J connectivity index is 2.76. The third-order valence-corrected chi connectivity index (χ3v) is 2.24. The second kappa shape index (κ2) is 2.64. The predicted octanol–water partition coefficient (Wildman–Crippen LogP) is 2.49. The van der Waals surface area contributed by atoms with Crippen LogP contribution in [0.25, 0.3) is 0 Å². The van der Waals surface area contributed by atoms with Crippen LogP contribution in [0, 0.1) is 0 Å². The van der Waals surface area contributed by atoms with Crippen molar-refractivity contribution in [3.8, 4) is 0 Å². The average Bonchev–Trinajstić information content (AvgIpc) is 1.82. The molecular weight excluding hydrogens is 156 g/mol. The molecule has 0 N–H and O–H groups in total. The van der Waals surface area contributed by atoms with E-state index in [0.29, 0.717) is 0 Å². The van der Waals surface area contributed by atoms with Gasteiger partial charge in [0, 0.05) is 6.42 Å². The summed E-state index contributed by atoms with van der Waals surface area (Å²) in [5.74, 6) is 0. The molecule has 0 spiro atoms. The maximum Gasteiger partial charge on any atom is 0.509 e. The summed E-state index contributed by atoms with van der Waals surface area (Å²) < 4.78 is 10.1. The molecule has 0 amide bonds. The lowest BCUT2D eigenvalue weighted by molar-refractivity contribution is -0.140. The fourth-order valence-corrected chi connectivity index (χ4v) is 1.62. The maximum atomic E-state index is 11.0. The zero-order valence-electron chi connectivity index (χ0n) is 8.14. The summed E-state index contributed by atoms with van der Waals surface area (Å²) in [6.45, 7) is 7.76. The van der Waals surface area contributed by atoms with E-state index in [-0.39, 0.29) is 11.2 Å². The highest BCUT2D eigenvalue weighted by molar-refractivity contribution is 5.62. The molecule has 0 saturated carbocycles. The molecule has 1 unspecified atom stereocenters. The Kier molecular flexibility index (Phi) is 2.06. The molecule has 1 fully saturated rings. The van der Waals surface area contributed by atoms with E-state index < -0.39 is 6.16 Å². The fraction of sp³-hybridized carbons (Fsp3) is 0.889. The largest absolute Gasteiger partial charge is 0.509 e. The Morgan fingerprint density at radius 3 is 2.33 bits per heavy atom. The molecule has 0 aromatic rings. The number of carbonyl (C=O) groups excluding carboxylic acids is 1. The van der Waals surface area contributed by atoms with Crippen LogP contribution in [0.5, 0.6) is 0 Å². The van der Waals surface area contributed by atoms with Gasteiger partial charge in [0.05, 0.1) is 0 Å². The Labute approximate surface area is 73.0 Å². The molecule has 1 atom stereocenters. The third-order valence-electron chi connectivity index (χ3n) is 2.24. The van der Waals surface area contributed by atoms with Crippen molar-refractivity contribution in [2.24, 2.45) is 0 Å². The summed E-state index contributed by atoms with van der Waals surface area (Å²) in [6.07, 6.45) is 1.03. The predicted molar refractivity (Wildman–Crippen MR) is 45.0 cm³/mol. The number of ether oxygens (including phenoxy) is 2. The molecule has 0 aromatic carbocycles. The van der Waals surface area contributed by atoms with Crippen molar-refractivity contribution in [2.75, 3.05) is 0 Å². The van der Waals surface area contributed by atoms with Gasteiger partial charge in [-0.2, -0.15) is 0 Å². The lowest BCUT2D eigenvalue weighted by Gasteiger charge is -2.40. The molecule has 70 valence electrons. The first-order chi connectivity index (χ1) is 5.37. The molecule has 0 aliphatic carbocycles. The van der Waals surface area contributed by atoms with E-state index in [0.717, 1.165) is 12.8 Å². The summed E-state index contributed by atoms with van der Waals surface area (Å²) in [4.78, 5) is 11.0. The maximum absolute atomic E-state index is 11.0. The van der Waals surface area contributed by atoms with Crippen LogP contribution in [0.2, 0.25) is 0 Å². The molecule has 0 bridgehead atoms.